The van der Waals surface area contributed by atoms with Crippen LogP contribution in [-0.2, 0) is 16.1 Å². The molecule has 0 N–H and O–H groups in total. The summed E-state index contributed by atoms with van der Waals surface area (Å²) in [4.78, 5) is 26.4. The van der Waals surface area contributed by atoms with Crippen LogP contribution in [0.15, 0.2) is 17.2 Å². The summed E-state index contributed by atoms with van der Waals surface area (Å²) in [5.41, 5.74) is -0.680. The molecule has 0 bridgehead atoms. The van der Waals surface area contributed by atoms with Crippen molar-refractivity contribution in [3.8, 4) is 12.3 Å². The third-order valence-corrected chi connectivity index (χ3v) is 1.74. The molecule has 1 aromatic heterocycles. The summed E-state index contributed by atoms with van der Waals surface area (Å²) in [7, 11) is 0. The number of esters is 1. The SMILES string of the molecule is C#Cc1cnc(=O)n(CC(=O)OC(C)(C)C)c1. The summed E-state index contributed by atoms with van der Waals surface area (Å²) < 4.78 is 6.22. The summed E-state index contributed by atoms with van der Waals surface area (Å²) in [6.07, 6.45) is 7.87. The predicted octanol–water partition coefficient (Wildman–Crippen LogP) is 0.566. The highest BCUT2D eigenvalue weighted by Gasteiger charge is 2.16. The fourth-order valence-electron chi connectivity index (χ4n) is 1.16. The molecule has 5 heteroatoms. The third kappa shape index (κ3) is 4.11. The molecule has 0 unspecified atom stereocenters. The maximum absolute atomic E-state index is 11.5. The Balaban J connectivity index is 2.86. The van der Waals surface area contributed by atoms with Gasteiger partial charge < -0.3 is 4.74 Å². The zero-order valence-electron chi connectivity index (χ0n) is 10.1. The van der Waals surface area contributed by atoms with Crippen LogP contribution in [0.4, 0.5) is 0 Å². The van der Waals surface area contributed by atoms with Gasteiger partial charge in [-0.25, -0.2) is 9.78 Å². The van der Waals surface area contributed by atoms with Crippen molar-refractivity contribution in [3.05, 3.63) is 28.4 Å². The van der Waals surface area contributed by atoms with Gasteiger partial charge in [0, 0.05) is 12.4 Å². The van der Waals surface area contributed by atoms with Gasteiger partial charge >= 0.3 is 11.7 Å². The normalized spacial score (nSPS) is 10.7. The first-order valence-corrected chi connectivity index (χ1v) is 5.07. The fraction of sp³-hybridized carbons (Fsp3) is 0.417. The van der Waals surface area contributed by atoms with Gasteiger partial charge in [-0.15, -0.1) is 6.42 Å². The fourth-order valence-corrected chi connectivity index (χ4v) is 1.16. The Morgan fingerprint density at radius 2 is 2.24 bits per heavy atom. The highest BCUT2D eigenvalue weighted by Crippen LogP contribution is 2.07. The first-order chi connectivity index (χ1) is 7.81. The minimum absolute atomic E-state index is 0.196. The minimum atomic E-state index is -0.585. The van der Waals surface area contributed by atoms with E-state index in [0.717, 1.165) is 4.57 Å². The number of aromatic nitrogens is 2. The number of hydrogen-bond donors (Lipinski definition) is 0. The minimum Gasteiger partial charge on any atom is -0.459 e. The first kappa shape index (κ1) is 13.0. The van der Waals surface area contributed by atoms with Gasteiger partial charge in [0.25, 0.3) is 0 Å². The van der Waals surface area contributed by atoms with Gasteiger partial charge in [-0.3, -0.25) is 9.36 Å². The van der Waals surface area contributed by atoms with Crippen LogP contribution in [0, 0.1) is 12.3 Å². The Labute approximate surface area is 99.4 Å². The molecule has 0 saturated heterocycles. The lowest BCUT2D eigenvalue weighted by atomic mass is 10.2. The van der Waals surface area contributed by atoms with E-state index < -0.39 is 17.3 Å². The average molecular weight is 234 g/mol. The molecule has 1 heterocycles. The second-order valence-electron chi connectivity index (χ2n) is 4.48. The number of rotatable bonds is 2. The van der Waals surface area contributed by atoms with Gasteiger partial charge in [-0.2, -0.15) is 0 Å². The van der Waals surface area contributed by atoms with E-state index in [1.807, 2.05) is 0 Å². The molecule has 0 fully saturated rings. The van der Waals surface area contributed by atoms with Crippen molar-refractivity contribution in [1.29, 1.82) is 0 Å². The molecule has 0 atom stereocenters. The van der Waals surface area contributed by atoms with E-state index >= 15 is 0 Å². The van der Waals surface area contributed by atoms with Crippen molar-refractivity contribution in [3.63, 3.8) is 0 Å². The molecule has 0 saturated carbocycles. The van der Waals surface area contributed by atoms with Crippen LogP contribution in [0.3, 0.4) is 0 Å². The van der Waals surface area contributed by atoms with Crippen LogP contribution >= 0.6 is 0 Å². The maximum atomic E-state index is 11.5. The number of carbonyl (C=O) groups is 1. The monoisotopic (exact) mass is 234 g/mol. The Morgan fingerprint density at radius 1 is 1.59 bits per heavy atom. The lowest BCUT2D eigenvalue weighted by molar-refractivity contribution is -0.155. The molecule has 0 aliphatic rings. The molecular weight excluding hydrogens is 220 g/mol. The van der Waals surface area contributed by atoms with Crippen molar-refractivity contribution in [2.75, 3.05) is 0 Å². The number of terminal acetylenes is 1. The predicted molar refractivity (Wildman–Crippen MR) is 62.3 cm³/mol. The van der Waals surface area contributed by atoms with E-state index in [9.17, 15) is 9.59 Å². The molecule has 17 heavy (non-hydrogen) atoms. The molecule has 90 valence electrons. The van der Waals surface area contributed by atoms with Crippen molar-refractivity contribution >= 4 is 5.97 Å². The third-order valence-electron chi connectivity index (χ3n) is 1.74. The summed E-state index contributed by atoms with van der Waals surface area (Å²) in [5, 5.41) is 0. The van der Waals surface area contributed by atoms with Crippen LogP contribution in [0.5, 0.6) is 0 Å². The molecule has 0 aliphatic carbocycles. The van der Waals surface area contributed by atoms with Crippen LogP contribution in [0.1, 0.15) is 26.3 Å². The molecule has 0 amide bonds. The van der Waals surface area contributed by atoms with Gasteiger partial charge in [0.05, 0.1) is 5.56 Å². The zero-order valence-corrected chi connectivity index (χ0v) is 10.1. The quantitative estimate of drug-likeness (QED) is 0.554. The number of hydrogen-bond acceptors (Lipinski definition) is 4. The summed E-state index contributed by atoms with van der Waals surface area (Å²) >= 11 is 0. The largest absolute Gasteiger partial charge is 0.459 e. The average Bonchev–Trinajstić information content (AvgIpc) is 2.18. The number of nitrogens with zero attached hydrogens (tertiary/aromatic N) is 2. The second-order valence-corrected chi connectivity index (χ2v) is 4.48. The lowest BCUT2D eigenvalue weighted by Gasteiger charge is -2.19. The summed E-state index contributed by atoms with van der Waals surface area (Å²) in [5.74, 6) is 1.84. The Bertz CT molecular complexity index is 518. The van der Waals surface area contributed by atoms with Crippen LogP contribution in [-0.4, -0.2) is 21.1 Å². The van der Waals surface area contributed by atoms with E-state index in [1.54, 1.807) is 20.8 Å². The lowest BCUT2D eigenvalue weighted by Crippen LogP contribution is -2.31. The Hall–Kier alpha value is -2.09. The Morgan fingerprint density at radius 3 is 2.76 bits per heavy atom. The zero-order chi connectivity index (χ0) is 13.1. The Kier molecular flexibility index (Phi) is 3.69. The maximum Gasteiger partial charge on any atom is 0.348 e. The van der Waals surface area contributed by atoms with Gasteiger partial charge in [-0.1, -0.05) is 5.92 Å². The summed E-state index contributed by atoms with van der Waals surface area (Å²) in [6, 6.07) is 0. The van der Waals surface area contributed by atoms with Crippen molar-refractivity contribution in [1.82, 2.24) is 9.55 Å². The molecule has 1 rings (SSSR count). The van der Waals surface area contributed by atoms with Crippen molar-refractivity contribution in [2.45, 2.75) is 32.9 Å². The van der Waals surface area contributed by atoms with Crippen molar-refractivity contribution < 1.29 is 9.53 Å². The van der Waals surface area contributed by atoms with Gasteiger partial charge in [0.15, 0.2) is 0 Å². The molecule has 0 radical (unpaired) electrons. The number of ether oxygens (including phenoxy) is 1. The number of carbonyl (C=O) groups excluding carboxylic acids is 1. The van der Waals surface area contributed by atoms with Crippen LogP contribution < -0.4 is 5.69 Å². The summed E-state index contributed by atoms with van der Waals surface area (Å²) in [6.45, 7) is 5.07. The van der Waals surface area contributed by atoms with E-state index in [-0.39, 0.29) is 6.54 Å². The molecule has 1 aromatic rings. The highest BCUT2D eigenvalue weighted by molar-refractivity contribution is 5.69. The topological polar surface area (TPSA) is 61.2 Å². The van der Waals surface area contributed by atoms with Gasteiger partial charge in [-0.05, 0) is 20.8 Å². The van der Waals surface area contributed by atoms with E-state index in [2.05, 4.69) is 10.9 Å². The molecule has 5 nitrogen and oxygen atoms in total. The van der Waals surface area contributed by atoms with Gasteiger partial charge in [0.1, 0.15) is 12.1 Å². The van der Waals surface area contributed by atoms with E-state index in [0.29, 0.717) is 5.56 Å². The first-order valence-electron chi connectivity index (χ1n) is 5.07. The molecular formula is C12H14N2O3. The standard InChI is InChI=1S/C12H14N2O3/c1-5-9-6-13-11(16)14(7-9)8-10(15)17-12(2,3)4/h1,6-7H,8H2,2-4H3. The van der Waals surface area contributed by atoms with Gasteiger partial charge in [0.2, 0.25) is 0 Å². The van der Waals surface area contributed by atoms with Crippen LogP contribution in [0.25, 0.3) is 0 Å². The van der Waals surface area contributed by atoms with Crippen molar-refractivity contribution in [2.24, 2.45) is 0 Å². The smallest absolute Gasteiger partial charge is 0.348 e. The second kappa shape index (κ2) is 4.83. The van der Waals surface area contributed by atoms with E-state index in [1.165, 1.54) is 12.4 Å². The molecule has 0 aromatic carbocycles. The molecule has 0 spiro atoms. The van der Waals surface area contributed by atoms with E-state index in [4.69, 9.17) is 11.2 Å². The molecule has 0 aliphatic heterocycles. The van der Waals surface area contributed by atoms with Crippen LogP contribution in [0.2, 0.25) is 0 Å². The highest BCUT2D eigenvalue weighted by atomic mass is 16.6.